The topological polar surface area (TPSA) is 114 Å². The predicted octanol–water partition coefficient (Wildman–Crippen LogP) is 0.689. The molecule has 9 heteroatoms. The Hall–Kier alpha value is -2.42. The maximum Gasteiger partial charge on any atom is 0.261 e. The van der Waals surface area contributed by atoms with Crippen LogP contribution in [0.25, 0.3) is 0 Å². The van der Waals surface area contributed by atoms with Gasteiger partial charge in [0.25, 0.3) is 5.91 Å². The normalized spacial score (nSPS) is 19.3. The van der Waals surface area contributed by atoms with Gasteiger partial charge in [-0.1, -0.05) is 17.3 Å². The minimum atomic E-state index is -3.03. The molecular weight excluding hydrogens is 346 g/mol. The van der Waals surface area contributed by atoms with Gasteiger partial charge in [0.2, 0.25) is 5.91 Å². The van der Waals surface area contributed by atoms with Crippen LogP contribution in [0.1, 0.15) is 25.8 Å². The summed E-state index contributed by atoms with van der Waals surface area (Å²) in [7, 11) is -3.03. The van der Waals surface area contributed by atoms with E-state index in [2.05, 4.69) is 15.8 Å². The molecule has 1 aliphatic rings. The number of anilines is 1. The van der Waals surface area contributed by atoms with Gasteiger partial charge in [0, 0.05) is 18.7 Å². The molecule has 2 amide bonds. The average Bonchev–Trinajstić information content (AvgIpc) is 2.86. The summed E-state index contributed by atoms with van der Waals surface area (Å²) in [6.45, 7) is 2.88. The Morgan fingerprint density at radius 3 is 2.48 bits per heavy atom. The lowest BCUT2D eigenvalue weighted by molar-refractivity contribution is -0.126. The fourth-order valence-electron chi connectivity index (χ4n) is 2.42. The first-order valence-electron chi connectivity index (χ1n) is 7.79. The maximum atomic E-state index is 11.7. The Bertz CT molecular complexity index is 771. The zero-order valence-electron chi connectivity index (χ0n) is 14.1. The summed E-state index contributed by atoms with van der Waals surface area (Å²) < 4.78 is 22.7. The van der Waals surface area contributed by atoms with Gasteiger partial charge in [-0.2, -0.15) is 0 Å². The van der Waals surface area contributed by atoms with E-state index in [4.69, 9.17) is 4.84 Å². The molecule has 1 unspecified atom stereocenters. The van der Waals surface area contributed by atoms with E-state index in [0.29, 0.717) is 17.8 Å². The number of hydrogen-bond acceptors (Lipinski definition) is 6. The van der Waals surface area contributed by atoms with Gasteiger partial charge in [0.05, 0.1) is 17.2 Å². The second-order valence-corrected chi connectivity index (χ2v) is 8.10. The molecule has 2 N–H and O–H groups in total. The van der Waals surface area contributed by atoms with Gasteiger partial charge in [0.15, 0.2) is 16.4 Å². The lowest BCUT2D eigenvalue weighted by Gasteiger charge is -2.10. The number of sulfone groups is 1. The summed E-state index contributed by atoms with van der Waals surface area (Å²) in [4.78, 5) is 27.7. The molecule has 0 saturated carbocycles. The molecule has 1 saturated heterocycles. The van der Waals surface area contributed by atoms with Crippen LogP contribution in [0.5, 0.6) is 0 Å². The summed E-state index contributed by atoms with van der Waals surface area (Å²) in [6.07, 6.45) is 0.428. The Morgan fingerprint density at radius 1 is 1.24 bits per heavy atom. The van der Waals surface area contributed by atoms with E-state index >= 15 is 0 Å². The first-order valence-corrected chi connectivity index (χ1v) is 9.62. The van der Waals surface area contributed by atoms with Crippen LogP contribution in [0, 0.1) is 0 Å². The quantitative estimate of drug-likeness (QED) is 0.567. The van der Waals surface area contributed by atoms with Crippen LogP contribution in [0.2, 0.25) is 0 Å². The van der Waals surface area contributed by atoms with E-state index in [1.165, 1.54) is 6.92 Å². The number of oxime groups is 1. The molecule has 0 aliphatic carbocycles. The molecule has 136 valence electrons. The highest BCUT2D eigenvalue weighted by atomic mass is 32.2. The van der Waals surface area contributed by atoms with Crippen LogP contribution in [0.4, 0.5) is 5.69 Å². The molecule has 25 heavy (non-hydrogen) atoms. The third-order valence-electron chi connectivity index (χ3n) is 3.62. The SMILES string of the molecule is CC(=O)Nc1ccc(/C(C)=N/OCC(=O)NC2CCS(=O)(=O)C2)cc1. The van der Waals surface area contributed by atoms with Crippen molar-refractivity contribution < 1.29 is 22.8 Å². The molecule has 1 aliphatic heterocycles. The molecule has 1 fully saturated rings. The van der Waals surface area contributed by atoms with Crippen molar-refractivity contribution in [1.29, 1.82) is 0 Å². The van der Waals surface area contributed by atoms with Gasteiger partial charge in [0.1, 0.15) is 0 Å². The number of hydrogen-bond donors (Lipinski definition) is 2. The van der Waals surface area contributed by atoms with Crippen molar-refractivity contribution in [3.8, 4) is 0 Å². The second kappa shape index (κ2) is 8.11. The summed E-state index contributed by atoms with van der Waals surface area (Å²) in [5, 5.41) is 9.16. The first kappa shape index (κ1) is 18.9. The highest BCUT2D eigenvalue weighted by Crippen LogP contribution is 2.12. The van der Waals surface area contributed by atoms with Crippen molar-refractivity contribution in [2.75, 3.05) is 23.4 Å². The van der Waals surface area contributed by atoms with E-state index in [9.17, 15) is 18.0 Å². The molecule has 0 spiro atoms. The van der Waals surface area contributed by atoms with Crippen LogP contribution in [-0.4, -0.2) is 50.1 Å². The van der Waals surface area contributed by atoms with E-state index < -0.39 is 15.7 Å². The zero-order chi connectivity index (χ0) is 18.4. The molecule has 1 heterocycles. The van der Waals surface area contributed by atoms with Gasteiger partial charge < -0.3 is 15.5 Å². The summed E-state index contributed by atoms with van der Waals surface area (Å²) in [6, 6.07) is 6.67. The van der Waals surface area contributed by atoms with Crippen molar-refractivity contribution >= 4 is 33.1 Å². The van der Waals surface area contributed by atoms with Gasteiger partial charge >= 0.3 is 0 Å². The molecule has 1 aromatic rings. The number of nitrogens with one attached hydrogen (secondary N) is 2. The number of carbonyl (C=O) groups is 2. The number of benzene rings is 1. The number of nitrogens with zero attached hydrogens (tertiary/aromatic N) is 1. The van der Waals surface area contributed by atoms with E-state index in [0.717, 1.165) is 5.56 Å². The van der Waals surface area contributed by atoms with E-state index in [1.54, 1.807) is 31.2 Å². The molecule has 8 nitrogen and oxygen atoms in total. The van der Waals surface area contributed by atoms with Gasteiger partial charge in [-0.3, -0.25) is 9.59 Å². The van der Waals surface area contributed by atoms with Crippen LogP contribution in [-0.2, 0) is 24.3 Å². The molecular formula is C16H21N3O5S. The number of rotatable bonds is 6. The van der Waals surface area contributed by atoms with Gasteiger partial charge in [-0.15, -0.1) is 0 Å². The number of amides is 2. The molecule has 0 aromatic heterocycles. The highest BCUT2D eigenvalue weighted by molar-refractivity contribution is 7.91. The Morgan fingerprint density at radius 2 is 1.92 bits per heavy atom. The lowest BCUT2D eigenvalue weighted by atomic mass is 10.1. The number of carbonyl (C=O) groups excluding carboxylic acids is 2. The minimum absolute atomic E-state index is 0.0261. The van der Waals surface area contributed by atoms with Crippen molar-refractivity contribution in [3.05, 3.63) is 29.8 Å². The van der Waals surface area contributed by atoms with Crippen LogP contribution >= 0.6 is 0 Å². The third kappa shape index (κ3) is 6.18. The van der Waals surface area contributed by atoms with E-state index in [1.807, 2.05) is 0 Å². The van der Waals surface area contributed by atoms with Crippen LogP contribution < -0.4 is 10.6 Å². The fraction of sp³-hybridized carbons (Fsp3) is 0.438. The Balaban J connectivity index is 1.80. The van der Waals surface area contributed by atoms with Crippen LogP contribution in [0.3, 0.4) is 0 Å². The molecule has 1 atom stereocenters. The van der Waals surface area contributed by atoms with Gasteiger partial charge in [-0.25, -0.2) is 8.42 Å². The fourth-order valence-corrected chi connectivity index (χ4v) is 4.09. The average molecular weight is 367 g/mol. The van der Waals surface area contributed by atoms with Gasteiger partial charge in [-0.05, 0) is 31.0 Å². The Kier molecular flexibility index (Phi) is 6.13. The minimum Gasteiger partial charge on any atom is -0.385 e. The van der Waals surface area contributed by atoms with Crippen molar-refractivity contribution in [1.82, 2.24) is 5.32 Å². The standard InChI is InChI=1S/C16H21N3O5S/c1-11(13-3-5-14(6-4-13)17-12(2)20)19-24-9-16(21)18-15-7-8-25(22,23)10-15/h3-6,15H,7-10H2,1-2H3,(H,17,20)(H,18,21)/b19-11+. The second-order valence-electron chi connectivity index (χ2n) is 5.88. The first-order chi connectivity index (χ1) is 11.7. The van der Waals surface area contributed by atoms with Crippen LogP contribution in [0.15, 0.2) is 29.4 Å². The van der Waals surface area contributed by atoms with Crippen molar-refractivity contribution in [3.63, 3.8) is 0 Å². The van der Waals surface area contributed by atoms with Crippen molar-refractivity contribution in [2.45, 2.75) is 26.3 Å². The zero-order valence-corrected chi connectivity index (χ0v) is 14.9. The summed E-state index contributed by atoms with van der Waals surface area (Å²) in [5.41, 5.74) is 2.04. The molecule has 1 aromatic carbocycles. The largest absolute Gasteiger partial charge is 0.385 e. The third-order valence-corrected chi connectivity index (χ3v) is 5.39. The predicted molar refractivity (Wildman–Crippen MR) is 94.1 cm³/mol. The summed E-state index contributed by atoms with van der Waals surface area (Å²) >= 11 is 0. The molecule has 0 radical (unpaired) electrons. The monoisotopic (exact) mass is 367 g/mol. The molecule has 2 rings (SSSR count). The maximum absolute atomic E-state index is 11.7. The van der Waals surface area contributed by atoms with E-state index in [-0.39, 0.29) is 30.1 Å². The summed E-state index contributed by atoms with van der Waals surface area (Å²) in [5.74, 6) is -0.478. The smallest absolute Gasteiger partial charge is 0.261 e. The highest BCUT2D eigenvalue weighted by Gasteiger charge is 2.28. The molecule has 0 bridgehead atoms. The lowest BCUT2D eigenvalue weighted by Crippen LogP contribution is -2.37. The van der Waals surface area contributed by atoms with Crippen molar-refractivity contribution in [2.24, 2.45) is 5.16 Å². The Labute approximate surface area is 146 Å².